The summed E-state index contributed by atoms with van der Waals surface area (Å²) in [5, 5.41) is 3.46. The number of nitrogens with one attached hydrogen (secondary N) is 1. The van der Waals surface area contributed by atoms with Crippen LogP contribution in [-0.2, 0) is 0 Å². The van der Waals surface area contributed by atoms with Crippen molar-refractivity contribution >= 4 is 11.5 Å². The SMILES string of the molecule is CC1CCCCC1Nc1ncccc1N. The van der Waals surface area contributed by atoms with Crippen molar-refractivity contribution < 1.29 is 0 Å². The van der Waals surface area contributed by atoms with Crippen LogP contribution in [0.5, 0.6) is 0 Å². The van der Waals surface area contributed by atoms with E-state index in [9.17, 15) is 0 Å². The zero-order valence-electron chi connectivity index (χ0n) is 9.24. The van der Waals surface area contributed by atoms with Gasteiger partial charge in [0.2, 0.25) is 0 Å². The summed E-state index contributed by atoms with van der Waals surface area (Å²) in [4.78, 5) is 4.27. The Labute approximate surface area is 91.1 Å². The van der Waals surface area contributed by atoms with Crippen LogP contribution in [0.15, 0.2) is 18.3 Å². The maximum atomic E-state index is 5.86. The van der Waals surface area contributed by atoms with Crippen LogP contribution >= 0.6 is 0 Å². The minimum Gasteiger partial charge on any atom is -0.396 e. The molecule has 15 heavy (non-hydrogen) atoms. The fraction of sp³-hybridized carbons (Fsp3) is 0.583. The number of pyridine rings is 1. The molecule has 1 aromatic heterocycles. The summed E-state index contributed by atoms with van der Waals surface area (Å²) in [6.45, 7) is 2.30. The van der Waals surface area contributed by atoms with Crippen molar-refractivity contribution in [1.82, 2.24) is 4.98 Å². The lowest BCUT2D eigenvalue weighted by molar-refractivity contribution is 0.349. The summed E-state index contributed by atoms with van der Waals surface area (Å²) in [5.41, 5.74) is 6.60. The van der Waals surface area contributed by atoms with Crippen molar-refractivity contribution in [2.45, 2.75) is 38.6 Å². The molecule has 2 atom stereocenters. The highest BCUT2D eigenvalue weighted by Gasteiger charge is 2.21. The van der Waals surface area contributed by atoms with Crippen molar-refractivity contribution in [2.75, 3.05) is 11.1 Å². The summed E-state index contributed by atoms with van der Waals surface area (Å²) in [5.74, 6) is 1.57. The summed E-state index contributed by atoms with van der Waals surface area (Å²) in [7, 11) is 0. The minimum absolute atomic E-state index is 0.538. The predicted octanol–water partition coefficient (Wildman–Crippen LogP) is 2.65. The van der Waals surface area contributed by atoms with Crippen LogP contribution in [0.25, 0.3) is 0 Å². The normalized spacial score (nSPS) is 26.2. The van der Waals surface area contributed by atoms with Crippen LogP contribution in [-0.4, -0.2) is 11.0 Å². The molecule has 0 radical (unpaired) electrons. The van der Waals surface area contributed by atoms with Gasteiger partial charge in [0.15, 0.2) is 0 Å². The van der Waals surface area contributed by atoms with Gasteiger partial charge < -0.3 is 11.1 Å². The van der Waals surface area contributed by atoms with E-state index in [1.165, 1.54) is 25.7 Å². The number of hydrogen-bond acceptors (Lipinski definition) is 3. The number of anilines is 2. The fourth-order valence-electron chi connectivity index (χ4n) is 2.24. The summed E-state index contributed by atoms with van der Waals surface area (Å²) < 4.78 is 0. The van der Waals surface area contributed by atoms with Gasteiger partial charge in [-0.05, 0) is 30.9 Å². The molecule has 2 rings (SSSR count). The first-order valence-electron chi connectivity index (χ1n) is 5.74. The number of aromatic nitrogens is 1. The van der Waals surface area contributed by atoms with Gasteiger partial charge in [-0.3, -0.25) is 0 Å². The zero-order valence-corrected chi connectivity index (χ0v) is 9.24. The summed E-state index contributed by atoms with van der Waals surface area (Å²) >= 11 is 0. The van der Waals surface area contributed by atoms with Crippen LogP contribution in [0.4, 0.5) is 11.5 Å². The Morgan fingerprint density at radius 1 is 1.40 bits per heavy atom. The van der Waals surface area contributed by atoms with Gasteiger partial charge >= 0.3 is 0 Å². The third-order valence-corrected chi connectivity index (χ3v) is 3.27. The molecule has 0 aromatic carbocycles. The van der Waals surface area contributed by atoms with E-state index >= 15 is 0 Å². The number of nitrogens with two attached hydrogens (primary N) is 1. The van der Waals surface area contributed by atoms with E-state index in [4.69, 9.17) is 5.73 Å². The van der Waals surface area contributed by atoms with Crippen molar-refractivity contribution in [3.05, 3.63) is 18.3 Å². The molecule has 2 unspecified atom stereocenters. The van der Waals surface area contributed by atoms with E-state index in [1.54, 1.807) is 6.20 Å². The molecule has 0 spiro atoms. The Morgan fingerprint density at radius 3 is 2.93 bits per heavy atom. The monoisotopic (exact) mass is 205 g/mol. The van der Waals surface area contributed by atoms with Crippen molar-refractivity contribution in [3.8, 4) is 0 Å². The highest BCUT2D eigenvalue weighted by Crippen LogP contribution is 2.27. The smallest absolute Gasteiger partial charge is 0.149 e. The molecule has 1 fully saturated rings. The van der Waals surface area contributed by atoms with E-state index in [-0.39, 0.29) is 0 Å². The maximum Gasteiger partial charge on any atom is 0.149 e. The molecule has 3 N–H and O–H groups in total. The molecule has 1 heterocycles. The summed E-state index contributed by atoms with van der Waals surface area (Å²) in [6.07, 6.45) is 7.00. The van der Waals surface area contributed by atoms with Crippen LogP contribution in [0.3, 0.4) is 0 Å². The van der Waals surface area contributed by atoms with Gasteiger partial charge in [-0.1, -0.05) is 19.8 Å². The third-order valence-electron chi connectivity index (χ3n) is 3.27. The van der Waals surface area contributed by atoms with Gasteiger partial charge in [0.05, 0.1) is 5.69 Å². The standard InChI is InChI=1S/C12H19N3/c1-9-5-2-3-7-11(9)15-12-10(13)6-4-8-14-12/h4,6,8-9,11H,2-3,5,7,13H2,1H3,(H,14,15). The van der Waals surface area contributed by atoms with Gasteiger partial charge in [0.1, 0.15) is 5.82 Å². The van der Waals surface area contributed by atoms with Crippen LogP contribution in [0.2, 0.25) is 0 Å². The van der Waals surface area contributed by atoms with Gasteiger partial charge in [-0.2, -0.15) is 0 Å². The quantitative estimate of drug-likeness (QED) is 0.780. The van der Waals surface area contributed by atoms with Gasteiger partial charge in [0, 0.05) is 12.2 Å². The number of nitrogens with zero attached hydrogens (tertiary/aromatic N) is 1. The second kappa shape index (κ2) is 4.51. The Bertz CT molecular complexity index is 324. The first-order valence-corrected chi connectivity index (χ1v) is 5.74. The maximum absolute atomic E-state index is 5.86. The molecule has 0 bridgehead atoms. The molecule has 3 nitrogen and oxygen atoms in total. The first kappa shape index (κ1) is 10.3. The van der Waals surface area contributed by atoms with E-state index in [0.29, 0.717) is 6.04 Å². The Hall–Kier alpha value is -1.25. The second-order valence-electron chi connectivity index (χ2n) is 4.45. The molecule has 0 amide bonds. The molecule has 1 aliphatic carbocycles. The largest absolute Gasteiger partial charge is 0.396 e. The van der Waals surface area contributed by atoms with Crippen molar-refractivity contribution in [1.29, 1.82) is 0 Å². The molecule has 82 valence electrons. The van der Waals surface area contributed by atoms with Gasteiger partial charge in [-0.25, -0.2) is 4.98 Å². The molecule has 0 saturated heterocycles. The summed E-state index contributed by atoms with van der Waals surface area (Å²) in [6, 6.07) is 4.30. The highest BCUT2D eigenvalue weighted by atomic mass is 15.0. The molecule has 1 saturated carbocycles. The van der Waals surface area contributed by atoms with Gasteiger partial charge in [-0.15, -0.1) is 0 Å². The number of rotatable bonds is 2. The Kier molecular flexibility index (Phi) is 3.09. The Morgan fingerprint density at radius 2 is 2.20 bits per heavy atom. The van der Waals surface area contributed by atoms with Crippen molar-refractivity contribution in [2.24, 2.45) is 5.92 Å². The third kappa shape index (κ3) is 2.41. The predicted molar refractivity (Wildman–Crippen MR) is 63.7 cm³/mol. The van der Waals surface area contributed by atoms with Gasteiger partial charge in [0.25, 0.3) is 0 Å². The fourth-order valence-corrected chi connectivity index (χ4v) is 2.24. The molecule has 1 aliphatic rings. The van der Waals surface area contributed by atoms with E-state index in [1.807, 2.05) is 12.1 Å². The first-order chi connectivity index (χ1) is 7.27. The average molecular weight is 205 g/mol. The second-order valence-corrected chi connectivity index (χ2v) is 4.45. The number of hydrogen-bond donors (Lipinski definition) is 2. The molecule has 1 aromatic rings. The lowest BCUT2D eigenvalue weighted by atomic mass is 9.86. The lowest BCUT2D eigenvalue weighted by Crippen LogP contribution is -2.30. The molecule has 0 aliphatic heterocycles. The molecular formula is C12H19N3. The van der Waals surface area contributed by atoms with E-state index < -0.39 is 0 Å². The Balaban J connectivity index is 2.04. The van der Waals surface area contributed by atoms with E-state index in [0.717, 1.165) is 17.4 Å². The average Bonchev–Trinajstić information content (AvgIpc) is 2.24. The van der Waals surface area contributed by atoms with E-state index in [2.05, 4.69) is 17.2 Å². The number of nitrogen functional groups attached to an aromatic ring is 1. The highest BCUT2D eigenvalue weighted by molar-refractivity contribution is 5.60. The van der Waals surface area contributed by atoms with Crippen molar-refractivity contribution in [3.63, 3.8) is 0 Å². The minimum atomic E-state index is 0.538. The van der Waals surface area contributed by atoms with Crippen LogP contribution < -0.4 is 11.1 Å². The molecular weight excluding hydrogens is 186 g/mol. The lowest BCUT2D eigenvalue weighted by Gasteiger charge is -2.30. The molecule has 3 heteroatoms. The van der Waals surface area contributed by atoms with Crippen LogP contribution in [0.1, 0.15) is 32.6 Å². The van der Waals surface area contributed by atoms with Crippen LogP contribution in [0, 0.1) is 5.92 Å². The topological polar surface area (TPSA) is 50.9 Å². The zero-order chi connectivity index (χ0) is 10.7.